The molecule has 6 nitrogen and oxygen atoms in total. The van der Waals surface area contributed by atoms with Gasteiger partial charge in [0, 0.05) is 19.3 Å². The van der Waals surface area contributed by atoms with Crippen LogP contribution in [0.25, 0.3) is 0 Å². The van der Waals surface area contributed by atoms with Crippen LogP contribution in [-0.4, -0.2) is 25.4 Å². The lowest BCUT2D eigenvalue weighted by molar-refractivity contribution is -0.117. The van der Waals surface area contributed by atoms with Gasteiger partial charge in [-0.3, -0.25) is 9.59 Å². The highest BCUT2D eigenvalue weighted by atomic mass is 16.1. The summed E-state index contributed by atoms with van der Waals surface area (Å²) in [7, 11) is 0. The summed E-state index contributed by atoms with van der Waals surface area (Å²) >= 11 is 0. The molecule has 116 valence electrons. The average molecular weight is 300 g/mol. The molecule has 1 atom stereocenters. The van der Waals surface area contributed by atoms with Gasteiger partial charge < -0.3 is 16.0 Å². The van der Waals surface area contributed by atoms with Gasteiger partial charge in [-0.2, -0.15) is 5.26 Å². The highest BCUT2D eigenvalue weighted by Crippen LogP contribution is 2.11. The average Bonchev–Trinajstić information content (AvgIpc) is 2.55. The number of carbonyl (C=O) groups excluding carboxylic acids is 2. The van der Waals surface area contributed by atoms with Crippen LogP contribution >= 0.6 is 0 Å². The van der Waals surface area contributed by atoms with Crippen LogP contribution in [0.15, 0.2) is 42.1 Å². The molecular formula is C16H20N4O2. The van der Waals surface area contributed by atoms with Crippen molar-refractivity contribution in [1.29, 1.82) is 5.26 Å². The highest BCUT2D eigenvalue weighted by molar-refractivity contribution is 5.97. The number of hydrogen-bond acceptors (Lipinski definition) is 4. The van der Waals surface area contributed by atoms with Crippen molar-refractivity contribution in [1.82, 2.24) is 16.0 Å². The molecule has 3 N–H and O–H groups in total. The Morgan fingerprint density at radius 3 is 2.59 bits per heavy atom. The first kappa shape index (κ1) is 17.2. The molecule has 0 radical (unpaired) electrons. The summed E-state index contributed by atoms with van der Waals surface area (Å²) in [5.41, 5.74) is 0.993. The van der Waals surface area contributed by atoms with Crippen molar-refractivity contribution in [2.24, 2.45) is 0 Å². The molecule has 0 saturated carbocycles. The maximum absolute atomic E-state index is 12.0. The van der Waals surface area contributed by atoms with Crippen LogP contribution in [0.5, 0.6) is 0 Å². The predicted octanol–water partition coefficient (Wildman–Crippen LogP) is 0.997. The Morgan fingerprint density at radius 2 is 1.95 bits per heavy atom. The van der Waals surface area contributed by atoms with Crippen LogP contribution in [0.1, 0.15) is 24.9 Å². The summed E-state index contributed by atoms with van der Waals surface area (Å²) in [5, 5.41) is 17.2. The van der Waals surface area contributed by atoms with Gasteiger partial charge in [0.25, 0.3) is 5.91 Å². The normalized spacial score (nSPS) is 11.9. The molecule has 2 amide bonds. The zero-order valence-corrected chi connectivity index (χ0v) is 12.5. The Morgan fingerprint density at radius 1 is 1.27 bits per heavy atom. The minimum Gasteiger partial charge on any atom is -0.390 e. The second-order valence-electron chi connectivity index (χ2n) is 4.66. The van der Waals surface area contributed by atoms with E-state index in [9.17, 15) is 9.59 Å². The summed E-state index contributed by atoms with van der Waals surface area (Å²) < 4.78 is 0. The number of hydrogen-bond donors (Lipinski definition) is 3. The first-order valence-corrected chi connectivity index (χ1v) is 7.05. The molecule has 0 aliphatic carbocycles. The zero-order valence-electron chi connectivity index (χ0n) is 12.5. The van der Waals surface area contributed by atoms with Gasteiger partial charge in [0.2, 0.25) is 6.41 Å². The van der Waals surface area contributed by atoms with Gasteiger partial charge in [-0.25, -0.2) is 0 Å². The van der Waals surface area contributed by atoms with Gasteiger partial charge >= 0.3 is 0 Å². The SMILES string of the molecule is CC(NC(=O)/C(C#N)=C\NCCCNC=O)c1ccccc1. The number of nitriles is 1. The standard InChI is InChI=1S/C16H20N4O2/c1-13(14-6-3-2-4-7-14)20-16(22)15(10-17)11-18-8-5-9-19-12-21/h2-4,6-7,11-13,18H,5,8-9H2,1H3,(H,19,21)(H,20,22)/b15-11-. The minimum absolute atomic E-state index is 0.0196. The zero-order chi connectivity index (χ0) is 16.2. The number of nitrogens with one attached hydrogen (secondary N) is 3. The molecular weight excluding hydrogens is 280 g/mol. The van der Waals surface area contributed by atoms with Crippen molar-refractivity contribution in [3.63, 3.8) is 0 Å². The van der Waals surface area contributed by atoms with Crippen LogP contribution < -0.4 is 16.0 Å². The third kappa shape index (κ3) is 6.09. The molecule has 0 aliphatic heterocycles. The molecule has 0 aliphatic rings. The van der Waals surface area contributed by atoms with Crippen molar-refractivity contribution in [3.05, 3.63) is 47.7 Å². The molecule has 0 heterocycles. The summed E-state index contributed by atoms with van der Waals surface area (Å²) in [5.74, 6) is -0.419. The third-order valence-electron chi connectivity index (χ3n) is 2.98. The topological polar surface area (TPSA) is 94.0 Å². The highest BCUT2D eigenvalue weighted by Gasteiger charge is 2.13. The monoisotopic (exact) mass is 300 g/mol. The quantitative estimate of drug-likeness (QED) is 0.274. The second kappa shape index (κ2) is 10.00. The van der Waals surface area contributed by atoms with Crippen LogP contribution in [0.4, 0.5) is 0 Å². The maximum Gasteiger partial charge on any atom is 0.263 e. The van der Waals surface area contributed by atoms with Gasteiger partial charge in [0.15, 0.2) is 0 Å². The number of amides is 2. The fourth-order valence-corrected chi connectivity index (χ4v) is 1.77. The van der Waals surface area contributed by atoms with E-state index >= 15 is 0 Å². The fraction of sp³-hybridized carbons (Fsp3) is 0.312. The van der Waals surface area contributed by atoms with E-state index in [1.807, 2.05) is 43.3 Å². The van der Waals surface area contributed by atoms with Crippen LogP contribution in [0.2, 0.25) is 0 Å². The Kier molecular flexibility index (Phi) is 7.83. The molecule has 0 spiro atoms. The molecule has 0 fully saturated rings. The first-order valence-electron chi connectivity index (χ1n) is 7.05. The van der Waals surface area contributed by atoms with E-state index in [4.69, 9.17) is 5.26 Å². The number of rotatable bonds is 9. The van der Waals surface area contributed by atoms with Gasteiger partial charge in [0.1, 0.15) is 11.6 Å². The van der Waals surface area contributed by atoms with Crippen LogP contribution in [0.3, 0.4) is 0 Å². The Labute approximate surface area is 130 Å². The molecule has 0 bridgehead atoms. The Balaban J connectivity index is 2.47. The van der Waals surface area contributed by atoms with E-state index in [0.29, 0.717) is 25.9 Å². The smallest absolute Gasteiger partial charge is 0.263 e. The molecule has 22 heavy (non-hydrogen) atoms. The summed E-state index contributed by atoms with van der Waals surface area (Å²) in [6.07, 6.45) is 2.74. The van der Waals surface area contributed by atoms with Crippen LogP contribution in [-0.2, 0) is 9.59 Å². The van der Waals surface area contributed by atoms with Gasteiger partial charge in [-0.05, 0) is 18.9 Å². The van der Waals surface area contributed by atoms with E-state index in [2.05, 4.69) is 16.0 Å². The van der Waals surface area contributed by atoms with E-state index in [0.717, 1.165) is 5.56 Å². The van der Waals surface area contributed by atoms with E-state index in [-0.39, 0.29) is 11.6 Å². The minimum atomic E-state index is -0.419. The lowest BCUT2D eigenvalue weighted by atomic mass is 10.1. The fourth-order valence-electron chi connectivity index (χ4n) is 1.77. The van der Waals surface area contributed by atoms with Crippen molar-refractivity contribution in [2.75, 3.05) is 13.1 Å². The Hall–Kier alpha value is -2.81. The van der Waals surface area contributed by atoms with E-state index < -0.39 is 5.91 Å². The third-order valence-corrected chi connectivity index (χ3v) is 2.98. The molecule has 0 aromatic heterocycles. The van der Waals surface area contributed by atoms with Gasteiger partial charge in [-0.15, -0.1) is 0 Å². The summed E-state index contributed by atoms with van der Waals surface area (Å²) in [4.78, 5) is 22.1. The molecule has 1 aromatic rings. The van der Waals surface area contributed by atoms with Crippen LogP contribution in [0, 0.1) is 11.3 Å². The molecule has 6 heteroatoms. The summed E-state index contributed by atoms with van der Waals surface area (Å²) in [6, 6.07) is 11.2. The van der Waals surface area contributed by atoms with Crippen molar-refractivity contribution in [3.8, 4) is 6.07 Å². The molecule has 1 unspecified atom stereocenters. The van der Waals surface area contributed by atoms with E-state index in [1.165, 1.54) is 6.20 Å². The maximum atomic E-state index is 12.0. The number of nitrogens with zero attached hydrogens (tertiary/aromatic N) is 1. The Bertz CT molecular complexity index is 549. The van der Waals surface area contributed by atoms with Crippen molar-refractivity contribution in [2.45, 2.75) is 19.4 Å². The van der Waals surface area contributed by atoms with Gasteiger partial charge in [0.05, 0.1) is 6.04 Å². The number of carbonyl (C=O) groups is 2. The molecule has 1 rings (SSSR count). The molecule has 1 aromatic carbocycles. The molecule has 0 saturated heterocycles. The van der Waals surface area contributed by atoms with Gasteiger partial charge in [-0.1, -0.05) is 30.3 Å². The van der Waals surface area contributed by atoms with E-state index in [1.54, 1.807) is 0 Å². The predicted molar refractivity (Wildman–Crippen MR) is 83.4 cm³/mol. The number of benzene rings is 1. The van der Waals surface area contributed by atoms with Crippen molar-refractivity contribution < 1.29 is 9.59 Å². The summed E-state index contributed by atoms with van der Waals surface area (Å²) in [6.45, 7) is 2.97. The lowest BCUT2D eigenvalue weighted by Crippen LogP contribution is -2.28. The largest absolute Gasteiger partial charge is 0.390 e. The lowest BCUT2D eigenvalue weighted by Gasteiger charge is -2.13. The second-order valence-corrected chi connectivity index (χ2v) is 4.66. The first-order chi connectivity index (χ1) is 10.7. The van der Waals surface area contributed by atoms with Crippen molar-refractivity contribution >= 4 is 12.3 Å².